The van der Waals surface area contributed by atoms with Gasteiger partial charge in [0.15, 0.2) is 19.7 Å². The van der Waals surface area contributed by atoms with Gasteiger partial charge in [-0.1, -0.05) is 103 Å². The Labute approximate surface area is 414 Å². The second kappa shape index (κ2) is 27.0. The van der Waals surface area contributed by atoms with Crippen LogP contribution in [0.25, 0.3) is 21.8 Å². The highest BCUT2D eigenvalue weighted by Gasteiger charge is 2.47. The number of fused-ring (bicyclic) bond motifs is 2. The number of alkyl halides is 1. The first-order valence-electron chi connectivity index (χ1n) is 23.8. The van der Waals surface area contributed by atoms with E-state index in [1.54, 1.807) is 50.8 Å². The SMILES string of the molecule is CC.CC.CN(C=O)CC1(S(=O)(=O)c2ccc(O)cc2)CCCCC1.CN(C=O)CC1(S(=O)(=O)c2ccc(OCc3ccnc4ccccc34)cc2)CCCCC1.ClCc1ccnc2ccccc12. The second-order valence-corrected chi connectivity index (χ2v) is 21.9. The molecule has 0 unspecified atom stereocenters. The van der Waals surface area contributed by atoms with Gasteiger partial charge in [0.2, 0.25) is 12.8 Å². The van der Waals surface area contributed by atoms with E-state index in [-0.39, 0.29) is 28.6 Å². The third kappa shape index (κ3) is 14.0. The predicted octanol–water partition coefficient (Wildman–Crippen LogP) is 11.4. The molecule has 2 aliphatic rings. The minimum Gasteiger partial charge on any atom is -0.508 e. The highest BCUT2D eigenvalue weighted by atomic mass is 35.5. The van der Waals surface area contributed by atoms with Crippen molar-refractivity contribution in [2.75, 3.05) is 27.2 Å². The number of sulfone groups is 2. The van der Waals surface area contributed by atoms with Crippen LogP contribution in [-0.4, -0.2) is 91.2 Å². The summed E-state index contributed by atoms with van der Waals surface area (Å²) in [6.07, 6.45) is 12.7. The van der Waals surface area contributed by atoms with Crippen molar-refractivity contribution in [3.8, 4) is 11.5 Å². The fourth-order valence-electron chi connectivity index (χ4n) is 8.95. The molecule has 0 saturated heterocycles. The van der Waals surface area contributed by atoms with Crippen molar-refractivity contribution in [1.82, 2.24) is 19.8 Å². The van der Waals surface area contributed by atoms with Crippen molar-refractivity contribution in [2.45, 2.75) is 124 Å². The minimum absolute atomic E-state index is 0.0386. The van der Waals surface area contributed by atoms with Gasteiger partial charge in [-0.05, 0) is 104 Å². The average Bonchev–Trinajstić information content (AvgIpc) is 3.40. The summed E-state index contributed by atoms with van der Waals surface area (Å²) >= 11 is 5.78. The van der Waals surface area contributed by atoms with Crippen LogP contribution in [0, 0.1) is 0 Å². The molecule has 2 amide bonds. The lowest BCUT2D eigenvalue weighted by atomic mass is 9.88. The van der Waals surface area contributed by atoms with Gasteiger partial charge < -0.3 is 19.6 Å². The largest absolute Gasteiger partial charge is 0.508 e. The van der Waals surface area contributed by atoms with Gasteiger partial charge in [-0.25, -0.2) is 16.8 Å². The molecule has 0 spiro atoms. The number of carbonyl (C=O) groups is 2. The van der Waals surface area contributed by atoms with Crippen LogP contribution >= 0.6 is 11.6 Å². The van der Waals surface area contributed by atoms with Gasteiger partial charge in [0.05, 0.1) is 30.3 Å². The Morgan fingerprint density at radius 2 is 0.971 bits per heavy atom. The molecule has 4 aromatic carbocycles. The number of hydrogen-bond donors (Lipinski definition) is 1. The number of pyridine rings is 2. The Morgan fingerprint density at radius 3 is 1.39 bits per heavy atom. The van der Waals surface area contributed by atoms with Crippen molar-refractivity contribution >= 4 is 65.9 Å². The molecular weight excluding hydrogens is 932 g/mol. The number of aromatic hydroxyl groups is 1. The zero-order chi connectivity index (χ0) is 50.5. The number of aromatic nitrogens is 2. The van der Waals surface area contributed by atoms with E-state index in [1.807, 2.05) is 88.4 Å². The first-order valence-corrected chi connectivity index (χ1v) is 27.3. The molecule has 15 heteroatoms. The second-order valence-electron chi connectivity index (χ2n) is 16.9. The van der Waals surface area contributed by atoms with E-state index in [0.717, 1.165) is 71.5 Å². The molecule has 2 heterocycles. The van der Waals surface area contributed by atoms with Gasteiger partial charge in [-0.2, -0.15) is 0 Å². The maximum atomic E-state index is 13.6. The Hall–Kier alpha value is -5.57. The summed E-state index contributed by atoms with van der Waals surface area (Å²) < 4.78 is 57.4. The molecule has 1 N–H and O–H groups in total. The van der Waals surface area contributed by atoms with Gasteiger partial charge >= 0.3 is 0 Å². The first-order chi connectivity index (χ1) is 33.3. The van der Waals surface area contributed by atoms with E-state index in [0.29, 0.717) is 56.7 Å². The molecule has 0 bridgehead atoms. The molecule has 69 heavy (non-hydrogen) atoms. The van der Waals surface area contributed by atoms with Crippen molar-refractivity contribution in [1.29, 1.82) is 0 Å². The number of phenolic OH excluding ortho intramolecular Hbond substituents is 1. The van der Waals surface area contributed by atoms with Gasteiger partial charge in [0.25, 0.3) is 0 Å². The summed E-state index contributed by atoms with van der Waals surface area (Å²) in [5, 5.41) is 11.5. The highest BCUT2D eigenvalue weighted by Crippen LogP contribution is 2.41. The van der Waals surface area contributed by atoms with Crippen LogP contribution in [-0.2, 0) is 41.8 Å². The lowest BCUT2D eigenvalue weighted by Gasteiger charge is -2.38. The number of benzene rings is 4. The standard InChI is InChI=1S/C25H28N2O4S.C15H21NO4S.C10H8ClN.2C2H6/c1-27(19-28)18-25(14-5-2-6-15-25)32(29,30)22-11-9-21(10-12-22)31-17-20-13-16-26-24-8-4-3-7-23(20)24;1-16(12-17)11-15(9-3-2-4-10-15)21(19,20)14-7-5-13(18)6-8-14;11-7-8-5-6-12-10-4-2-1-3-9(8)10;2*1-2/h3-4,7-13,16,19H,2,5-6,14-15,17-18H2,1H3;5-8,12,18H,2-4,9-11H2,1H3;1-6H,7H2;2*1-2H3. The van der Waals surface area contributed by atoms with Gasteiger partial charge in [-0.3, -0.25) is 19.6 Å². The molecule has 6 aromatic rings. The molecule has 0 aliphatic heterocycles. The number of phenols is 1. The lowest BCUT2D eigenvalue weighted by molar-refractivity contribution is -0.118. The van der Waals surface area contributed by atoms with E-state index < -0.39 is 29.2 Å². The fraction of sp³-hybridized carbons (Fsp3) is 0.407. The Morgan fingerprint density at radius 1 is 0.580 bits per heavy atom. The lowest BCUT2D eigenvalue weighted by Crippen LogP contribution is -2.49. The Bertz CT molecular complexity index is 2730. The van der Waals surface area contributed by atoms with E-state index in [1.165, 1.54) is 34.1 Å². The van der Waals surface area contributed by atoms with Gasteiger partial charge in [-0.15, -0.1) is 11.6 Å². The predicted molar refractivity (Wildman–Crippen MR) is 278 cm³/mol. The van der Waals surface area contributed by atoms with Crippen LogP contribution in [0.5, 0.6) is 11.5 Å². The van der Waals surface area contributed by atoms with Crippen molar-refractivity contribution in [3.63, 3.8) is 0 Å². The number of halogens is 1. The highest BCUT2D eigenvalue weighted by molar-refractivity contribution is 7.93. The molecule has 2 aliphatic carbocycles. The number of ether oxygens (including phenoxy) is 1. The van der Waals surface area contributed by atoms with Crippen LogP contribution in [0.15, 0.2) is 131 Å². The summed E-state index contributed by atoms with van der Waals surface area (Å²) in [6, 6.07) is 32.1. The number of hydrogen-bond acceptors (Lipinski definition) is 10. The number of rotatable bonds is 14. The molecule has 8 rings (SSSR count). The normalized spacial score (nSPS) is 14.9. The van der Waals surface area contributed by atoms with Crippen molar-refractivity contribution < 1.29 is 36.3 Å². The molecule has 0 atom stereocenters. The van der Waals surface area contributed by atoms with Crippen LogP contribution in [0.1, 0.15) is 103 Å². The fourth-order valence-corrected chi connectivity index (χ4v) is 13.6. The zero-order valence-electron chi connectivity index (χ0n) is 40.9. The number of amides is 2. The number of carbonyl (C=O) groups excluding carboxylic acids is 2. The maximum Gasteiger partial charge on any atom is 0.209 e. The number of para-hydroxylation sites is 2. The minimum atomic E-state index is -3.61. The molecular formula is C54H69ClN4O8S2. The molecule has 2 fully saturated rings. The van der Waals surface area contributed by atoms with Crippen LogP contribution in [0.3, 0.4) is 0 Å². The average molecular weight is 1000 g/mol. The summed E-state index contributed by atoms with van der Waals surface area (Å²) in [4.78, 5) is 34.1. The Balaban J connectivity index is 0.000000239. The zero-order valence-corrected chi connectivity index (χ0v) is 43.3. The smallest absolute Gasteiger partial charge is 0.209 e. The summed E-state index contributed by atoms with van der Waals surface area (Å²) in [7, 11) is -3.92. The summed E-state index contributed by atoms with van der Waals surface area (Å²) in [5.41, 5.74) is 4.08. The topological polar surface area (TPSA) is 164 Å². The molecule has 12 nitrogen and oxygen atoms in total. The third-order valence-corrected chi connectivity index (χ3v) is 17.8. The molecule has 372 valence electrons. The third-order valence-electron chi connectivity index (χ3n) is 12.4. The first kappa shape index (κ1) is 56.0. The van der Waals surface area contributed by atoms with E-state index in [4.69, 9.17) is 16.3 Å². The van der Waals surface area contributed by atoms with Crippen LogP contribution in [0.4, 0.5) is 0 Å². The van der Waals surface area contributed by atoms with E-state index >= 15 is 0 Å². The maximum absolute atomic E-state index is 13.6. The molecule has 2 saturated carbocycles. The van der Waals surface area contributed by atoms with Crippen molar-refractivity contribution in [3.05, 3.63) is 133 Å². The van der Waals surface area contributed by atoms with Gasteiger partial charge in [0, 0.05) is 61.8 Å². The number of nitrogens with zero attached hydrogens (tertiary/aromatic N) is 4. The van der Waals surface area contributed by atoms with Crippen LogP contribution < -0.4 is 4.74 Å². The van der Waals surface area contributed by atoms with E-state index in [9.17, 15) is 31.5 Å². The van der Waals surface area contributed by atoms with E-state index in [2.05, 4.69) is 9.97 Å². The summed E-state index contributed by atoms with van der Waals surface area (Å²) in [5.74, 6) is 1.19. The molecule has 0 radical (unpaired) electrons. The quantitative estimate of drug-likeness (QED) is 0.0820. The van der Waals surface area contributed by atoms with Crippen LogP contribution in [0.2, 0.25) is 0 Å². The van der Waals surface area contributed by atoms with Gasteiger partial charge in [0.1, 0.15) is 18.1 Å². The molecule has 2 aromatic heterocycles. The summed E-state index contributed by atoms with van der Waals surface area (Å²) in [6.45, 7) is 8.79. The monoisotopic (exact) mass is 1000 g/mol. The Kier molecular flexibility index (Phi) is 21.9. The van der Waals surface area contributed by atoms with Crippen molar-refractivity contribution in [2.24, 2.45) is 0 Å².